The second kappa shape index (κ2) is 7.20. The number of nitrogen functional groups attached to an aromatic ring is 2. The Hall–Kier alpha value is -3.81. The van der Waals surface area contributed by atoms with E-state index in [0.29, 0.717) is 45.2 Å². The zero-order valence-electron chi connectivity index (χ0n) is 14.9. The van der Waals surface area contributed by atoms with Crippen molar-refractivity contribution in [3.8, 4) is 34.1 Å². The summed E-state index contributed by atoms with van der Waals surface area (Å²) < 4.78 is 16.3. The number of hydrogen-bond acceptors (Lipinski definition) is 6. The fourth-order valence-electron chi connectivity index (χ4n) is 2.67. The van der Waals surface area contributed by atoms with E-state index in [1.165, 1.54) is 7.11 Å². The van der Waals surface area contributed by atoms with E-state index in [-0.39, 0.29) is 11.7 Å². The quantitative estimate of drug-likeness (QED) is 0.390. The van der Waals surface area contributed by atoms with Gasteiger partial charge in [0, 0.05) is 22.8 Å². The van der Waals surface area contributed by atoms with Gasteiger partial charge >= 0.3 is 0 Å². The molecule has 6 N–H and O–H groups in total. The van der Waals surface area contributed by atoms with Crippen molar-refractivity contribution in [3.63, 3.8) is 0 Å². The van der Waals surface area contributed by atoms with Crippen molar-refractivity contribution in [2.24, 2.45) is 11.5 Å². The minimum atomic E-state index is -0.0554. The van der Waals surface area contributed by atoms with Crippen LogP contribution in [0.15, 0.2) is 47.0 Å². The zero-order chi connectivity index (χ0) is 19.6. The van der Waals surface area contributed by atoms with E-state index in [0.717, 1.165) is 0 Å². The molecular formula is C19H19N5O3. The van der Waals surface area contributed by atoms with Gasteiger partial charge in [-0.05, 0) is 30.3 Å². The fraction of sp³-hybridized carbons (Fsp3) is 0.105. The highest BCUT2D eigenvalue weighted by Crippen LogP contribution is 2.36. The Morgan fingerprint density at radius 2 is 1.48 bits per heavy atom. The number of methoxy groups -OCH3 is 2. The molecule has 0 atom stereocenters. The molecule has 0 bridgehead atoms. The van der Waals surface area contributed by atoms with E-state index in [4.69, 9.17) is 36.3 Å². The van der Waals surface area contributed by atoms with E-state index < -0.39 is 0 Å². The Labute approximate surface area is 155 Å². The molecule has 0 fully saturated rings. The molecule has 0 saturated heterocycles. The first-order valence-electron chi connectivity index (χ1n) is 7.97. The first kappa shape index (κ1) is 18.0. The topological polar surface area (TPSA) is 144 Å². The number of nitrogens with zero attached hydrogens (tertiary/aromatic N) is 1. The number of nitrogens with two attached hydrogens (primary N) is 2. The summed E-state index contributed by atoms with van der Waals surface area (Å²) in [7, 11) is 3.08. The van der Waals surface area contributed by atoms with Gasteiger partial charge in [0.25, 0.3) is 0 Å². The van der Waals surface area contributed by atoms with Crippen LogP contribution in [-0.4, -0.2) is 31.0 Å². The average molecular weight is 365 g/mol. The highest BCUT2D eigenvalue weighted by molar-refractivity contribution is 5.97. The van der Waals surface area contributed by atoms with Crippen LogP contribution in [0.4, 0.5) is 0 Å². The molecule has 27 heavy (non-hydrogen) atoms. The van der Waals surface area contributed by atoms with Crippen LogP contribution in [0.3, 0.4) is 0 Å². The molecule has 1 aromatic heterocycles. The maximum Gasteiger partial charge on any atom is 0.171 e. The van der Waals surface area contributed by atoms with Gasteiger partial charge in [0.2, 0.25) is 0 Å². The summed E-state index contributed by atoms with van der Waals surface area (Å²) in [4.78, 5) is 0. The van der Waals surface area contributed by atoms with Gasteiger partial charge in [-0.2, -0.15) is 0 Å². The van der Waals surface area contributed by atoms with Crippen molar-refractivity contribution in [2.45, 2.75) is 0 Å². The second-order valence-corrected chi connectivity index (χ2v) is 5.73. The third-order valence-corrected chi connectivity index (χ3v) is 4.07. The molecule has 0 spiro atoms. The van der Waals surface area contributed by atoms with Crippen molar-refractivity contribution >= 4 is 11.7 Å². The lowest BCUT2D eigenvalue weighted by Gasteiger charge is -2.08. The van der Waals surface area contributed by atoms with Gasteiger partial charge in [0.1, 0.15) is 28.9 Å². The van der Waals surface area contributed by atoms with Gasteiger partial charge in [-0.3, -0.25) is 10.8 Å². The molecule has 8 heteroatoms. The molecule has 0 aliphatic heterocycles. The molecule has 3 rings (SSSR count). The van der Waals surface area contributed by atoms with Gasteiger partial charge in [-0.1, -0.05) is 11.2 Å². The maximum absolute atomic E-state index is 7.62. The molecule has 0 aliphatic rings. The highest BCUT2D eigenvalue weighted by Gasteiger charge is 2.17. The third kappa shape index (κ3) is 3.45. The molecule has 0 amide bonds. The summed E-state index contributed by atoms with van der Waals surface area (Å²) in [5, 5.41) is 19.3. The van der Waals surface area contributed by atoms with Crippen LogP contribution < -0.4 is 20.9 Å². The van der Waals surface area contributed by atoms with Crippen LogP contribution in [0, 0.1) is 10.8 Å². The molecular weight excluding hydrogens is 346 g/mol. The van der Waals surface area contributed by atoms with Crippen molar-refractivity contribution in [1.29, 1.82) is 10.8 Å². The van der Waals surface area contributed by atoms with Crippen molar-refractivity contribution < 1.29 is 14.0 Å². The summed E-state index contributed by atoms with van der Waals surface area (Å²) >= 11 is 0. The monoisotopic (exact) mass is 365 g/mol. The normalized spacial score (nSPS) is 10.4. The Kier molecular flexibility index (Phi) is 4.80. The summed E-state index contributed by atoms with van der Waals surface area (Å²) in [6.45, 7) is 0. The van der Waals surface area contributed by atoms with E-state index in [9.17, 15) is 0 Å². The first-order chi connectivity index (χ1) is 12.9. The van der Waals surface area contributed by atoms with E-state index in [1.54, 1.807) is 49.6 Å². The number of rotatable bonds is 6. The molecule has 3 aromatic rings. The zero-order valence-corrected chi connectivity index (χ0v) is 14.9. The van der Waals surface area contributed by atoms with E-state index >= 15 is 0 Å². The predicted octanol–water partition coefficient (Wildman–Crippen LogP) is 2.59. The lowest BCUT2D eigenvalue weighted by molar-refractivity contribution is 0.405. The molecule has 0 aliphatic carbocycles. The van der Waals surface area contributed by atoms with Crippen molar-refractivity contribution in [1.82, 2.24) is 5.16 Å². The van der Waals surface area contributed by atoms with Gasteiger partial charge in [-0.25, -0.2) is 0 Å². The predicted molar refractivity (Wildman–Crippen MR) is 103 cm³/mol. The minimum absolute atomic E-state index is 0.0496. The maximum atomic E-state index is 7.62. The Morgan fingerprint density at radius 3 is 2.11 bits per heavy atom. The number of hydrogen-bond donors (Lipinski definition) is 4. The summed E-state index contributed by atoms with van der Waals surface area (Å²) in [5.74, 6) is 1.45. The third-order valence-electron chi connectivity index (χ3n) is 4.07. The van der Waals surface area contributed by atoms with E-state index in [2.05, 4.69) is 5.16 Å². The minimum Gasteiger partial charge on any atom is -0.496 e. The molecule has 0 saturated carbocycles. The second-order valence-electron chi connectivity index (χ2n) is 5.73. The van der Waals surface area contributed by atoms with Crippen molar-refractivity contribution in [3.05, 3.63) is 53.6 Å². The molecule has 0 radical (unpaired) electrons. The SMILES string of the molecule is COc1cc(C(=N)N)ccc1-c1cc(-c2cc(C(=N)N)ccc2OC)on1. The molecule has 138 valence electrons. The summed E-state index contributed by atoms with van der Waals surface area (Å²) in [6.07, 6.45) is 0. The number of aromatic nitrogens is 1. The van der Waals surface area contributed by atoms with Crippen LogP contribution in [0.25, 0.3) is 22.6 Å². The standard InChI is InChI=1S/C19H19N5O3/c1-25-15-6-4-10(18(20)21)7-13(15)17-9-14(24-27-17)12-5-3-11(19(22)23)8-16(12)26-2/h3-9H,1-2H3,(H3,20,21)(H3,22,23). The Balaban J connectivity index is 2.07. The van der Waals surface area contributed by atoms with Crippen LogP contribution in [0.1, 0.15) is 11.1 Å². The van der Waals surface area contributed by atoms with Gasteiger partial charge in [0.05, 0.1) is 19.8 Å². The number of amidine groups is 2. The highest BCUT2D eigenvalue weighted by atomic mass is 16.5. The van der Waals surface area contributed by atoms with Crippen LogP contribution in [0.2, 0.25) is 0 Å². The molecule has 8 nitrogen and oxygen atoms in total. The first-order valence-corrected chi connectivity index (χ1v) is 7.97. The van der Waals surface area contributed by atoms with Gasteiger partial charge in [-0.15, -0.1) is 0 Å². The van der Waals surface area contributed by atoms with Crippen molar-refractivity contribution in [2.75, 3.05) is 14.2 Å². The Bertz CT molecular complexity index is 1030. The fourth-order valence-corrected chi connectivity index (χ4v) is 2.67. The lowest BCUT2D eigenvalue weighted by atomic mass is 10.0. The smallest absolute Gasteiger partial charge is 0.171 e. The number of nitrogens with one attached hydrogen (secondary N) is 2. The summed E-state index contributed by atoms with van der Waals surface area (Å²) in [5.41, 5.74) is 14.1. The van der Waals surface area contributed by atoms with Crippen LogP contribution in [0.5, 0.6) is 11.5 Å². The average Bonchev–Trinajstić information content (AvgIpc) is 3.16. The van der Waals surface area contributed by atoms with Crippen LogP contribution >= 0.6 is 0 Å². The Morgan fingerprint density at radius 1 is 0.852 bits per heavy atom. The number of ether oxygens (including phenoxy) is 2. The van der Waals surface area contributed by atoms with Gasteiger partial charge in [0.15, 0.2) is 5.76 Å². The largest absolute Gasteiger partial charge is 0.496 e. The lowest BCUT2D eigenvalue weighted by Crippen LogP contribution is -2.11. The molecule has 1 heterocycles. The molecule has 0 unspecified atom stereocenters. The van der Waals surface area contributed by atoms with Gasteiger partial charge < -0.3 is 25.5 Å². The summed E-state index contributed by atoms with van der Waals surface area (Å²) in [6, 6.07) is 12.0. The van der Waals surface area contributed by atoms with Crippen LogP contribution in [-0.2, 0) is 0 Å². The number of benzene rings is 2. The van der Waals surface area contributed by atoms with E-state index in [1.807, 2.05) is 0 Å². The molecule has 2 aromatic carbocycles.